The van der Waals surface area contributed by atoms with E-state index in [4.69, 9.17) is 4.74 Å². The molecule has 0 spiro atoms. The summed E-state index contributed by atoms with van der Waals surface area (Å²) in [4.78, 5) is 0. The summed E-state index contributed by atoms with van der Waals surface area (Å²) < 4.78 is 4.80. The van der Waals surface area contributed by atoms with Gasteiger partial charge in [0.25, 0.3) is 0 Å². The van der Waals surface area contributed by atoms with Gasteiger partial charge in [0.15, 0.2) is 0 Å². The first kappa shape index (κ1) is 8.02. The van der Waals surface area contributed by atoms with Crippen molar-refractivity contribution >= 4 is 0 Å². The Morgan fingerprint density at radius 3 is 2.56 bits per heavy atom. The summed E-state index contributed by atoms with van der Waals surface area (Å²) in [6.45, 7) is 7.46. The zero-order valence-electron chi connectivity index (χ0n) is 5.42. The van der Waals surface area contributed by atoms with Crippen LogP contribution < -0.4 is 0 Å². The maximum atomic E-state index is 4.80. The third-order valence-electron chi connectivity index (χ3n) is 0.651. The summed E-state index contributed by atoms with van der Waals surface area (Å²) in [5.41, 5.74) is 0. The summed E-state index contributed by atoms with van der Waals surface area (Å²) in [5, 5.41) is 0. The topological polar surface area (TPSA) is 9.23 Å². The molecule has 1 radical (unpaired) electrons. The normalized spacial score (nSPS) is 10.8. The fourth-order valence-electron chi connectivity index (χ4n) is 0.312. The molecule has 0 aromatic carbocycles. The second-order valence-electron chi connectivity index (χ2n) is 1.32. The zero-order chi connectivity index (χ0) is 6.95. The second-order valence-corrected chi connectivity index (χ2v) is 1.32. The van der Waals surface area contributed by atoms with Crippen LogP contribution in [0.15, 0.2) is 37.1 Å². The molecule has 0 saturated heterocycles. The summed E-state index contributed by atoms with van der Waals surface area (Å²) in [7, 11) is 0. The highest BCUT2D eigenvalue weighted by atomic mass is 16.5. The quantitative estimate of drug-likeness (QED) is 0.411. The summed E-state index contributed by atoms with van der Waals surface area (Å²) >= 11 is 0. The maximum absolute atomic E-state index is 4.80. The van der Waals surface area contributed by atoms with Crippen LogP contribution in [0.3, 0.4) is 0 Å². The molecule has 0 aliphatic heterocycles. The van der Waals surface area contributed by atoms with E-state index in [9.17, 15) is 0 Å². The van der Waals surface area contributed by atoms with Gasteiger partial charge in [-0.3, -0.25) is 0 Å². The lowest BCUT2D eigenvalue weighted by Crippen LogP contribution is -1.74. The maximum Gasteiger partial charge on any atom is 0.0874 e. The molecule has 49 valence electrons. The Labute approximate surface area is 56.3 Å². The molecule has 0 amide bonds. The lowest BCUT2D eigenvalue weighted by Gasteiger charge is -1.87. The molecule has 0 fully saturated rings. The summed E-state index contributed by atoms with van der Waals surface area (Å²) in [6.07, 6.45) is 8.74. The van der Waals surface area contributed by atoms with Gasteiger partial charge in [-0.05, 0) is 13.0 Å². The van der Waals surface area contributed by atoms with Gasteiger partial charge in [0.05, 0.1) is 12.9 Å². The van der Waals surface area contributed by atoms with Crippen LogP contribution in [0.4, 0.5) is 0 Å². The number of allylic oxidation sites excluding steroid dienone is 4. The van der Waals surface area contributed by atoms with Crippen molar-refractivity contribution in [2.75, 3.05) is 6.61 Å². The third kappa shape index (κ3) is 7.02. The minimum Gasteiger partial charge on any atom is -0.501 e. The SMILES string of the molecule is [CH2]CO/C=C/C=C/C=C. The number of rotatable bonds is 4. The fourth-order valence-corrected chi connectivity index (χ4v) is 0.312. The minimum atomic E-state index is 0.471. The molecular formula is C8H11O. The Morgan fingerprint density at radius 2 is 2.00 bits per heavy atom. The molecule has 0 bridgehead atoms. The lowest BCUT2D eigenvalue weighted by atomic mass is 10.5. The van der Waals surface area contributed by atoms with Crippen molar-refractivity contribution in [2.45, 2.75) is 0 Å². The van der Waals surface area contributed by atoms with Crippen molar-refractivity contribution in [3.05, 3.63) is 44.1 Å². The average molecular weight is 123 g/mol. The summed E-state index contributed by atoms with van der Waals surface area (Å²) in [5.74, 6) is 0. The van der Waals surface area contributed by atoms with Crippen molar-refractivity contribution in [1.82, 2.24) is 0 Å². The van der Waals surface area contributed by atoms with E-state index in [1.807, 2.05) is 12.2 Å². The molecule has 0 unspecified atom stereocenters. The van der Waals surface area contributed by atoms with E-state index >= 15 is 0 Å². The van der Waals surface area contributed by atoms with Crippen molar-refractivity contribution in [2.24, 2.45) is 0 Å². The highest BCUT2D eigenvalue weighted by Gasteiger charge is 1.64. The van der Waals surface area contributed by atoms with E-state index in [0.717, 1.165) is 0 Å². The molecule has 0 saturated carbocycles. The predicted molar refractivity (Wildman–Crippen MR) is 39.8 cm³/mol. The fraction of sp³-hybridized carbons (Fsp3) is 0.125. The number of hydrogen-bond acceptors (Lipinski definition) is 1. The van der Waals surface area contributed by atoms with Gasteiger partial charge in [-0.2, -0.15) is 0 Å². The van der Waals surface area contributed by atoms with E-state index in [1.165, 1.54) is 0 Å². The van der Waals surface area contributed by atoms with Crippen LogP contribution >= 0.6 is 0 Å². The first-order chi connectivity index (χ1) is 4.41. The molecule has 1 heteroatoms. The Kier molecular flexibility index (Phi) is 6.26. The third-order valence-corrected chi connectivity index (χ3v) is 0.651. The van der Waals surface area contributed by atoms with Crippen LogP contribution in [-0.4, -0.2) is 6.61 Å². The first-order valence-corrected chi connectivity index (χ1v) is 2.77. The van der Waals surface area contributed by atoms with Crippen LogP contribution in [0.2, 0.25) is 0 Å². The average Bonchev–Trinajstić information content (AvgIpc) is 1.89. The summed E-state index contributed by atoms with van der Waals surface area (Å²) in [6, 6.07) is 0. The molecular weight excluding hydrogens is 112 g/mol. The van der Waals surface area contributed by atoms with E-state index in [1.54, 1.807) is 18.4 Å². The monoisotopic (exact) mass is 123 g/mol. The molecule has 0 aliphatic rings. The van der Waals surface area contributed by atoms with Gasteiger partial charge in [0, 0.05) is 0 Å². The zero-order valence-corrected chi connectivity index (χ0v) is 5.42. The van der Waals surface area contributed by atoms with Gasteiger partial charge in [-0.15, -0.1) is 0 Å². The van der Waals surface area contributed by atoms with Crippen molar-refractivity contribution in [3.63, 3.8) is 0 Å². The van der Waals surface area contributed by atoms with E-state index in [-0.39, 0.29) is 0 Å². The molecule has 0 aliphatic carbocycles. The van der Waals surface area contributed by atoms with Gasteiger partial charge in [0.1, 0.15) is 0 Å². The molecule has 0 heterocycles. The van der Waals surface area contributed by atoms with E-state index in [2.05, 4.69) is 13.5 Å². The largest absolute Gasteiger partial charge is 0.501 e. The van der Waals surface area contributed by atoms with Crippen LogP contribution in [0.5, 0.6) is 0 Å². The van der Waals surface area contributed by atoms with Gasteiger partial charge >= 0.3 is 0 Å². The predicted octanol–water partition coefficient (Wildman–Crippen LogP) is 2.09. The highest BCUT2D eigenvalue weighted by molar-refractivity contribution is 5.07. The van der Waals surface area contributed by atoms with Crippen LogP contribution in [0.25, 0.3) is 0 Å². The second kappa shape index (κ2) is 7.02. The molecule has 1 nitrogen and oxygen atoms in total. The number of ether oxygens (including phenoxy) is 1. The smallest absolute Gasteiger partial charge is 0.0874 e. The molecule has 0 rings (SSSR count). The van der Waals surface area contributed by atoms with Gasteiger partial charge < -0.3 is 4.74 Å². The van der Waals surface area contributed by atoms with Crippen molar-refractivity contribution in [3.8, 4) is 0 Å². The van der Waals surface area contributed by atoms with E-state index in [0.29, 0.717) is 6.61 Å². The molecule has 0 atom stereocenters. The molecule has 9 heavy (non-hydrogen) atoms. The van der Waals surface area contributed by atoms with Crippen molar-refractivity contribution in [1.29, 1.82) is 0 Å². The standard InChI is InChI=1S/C8H11O/c1-3-5-6-7-8-9-4-2/h3,5-8H,1-2,4H2/b6-5+,8-7+. The Bertz CT molecular complexity index is 112. The molecule has 0 aromatic heterocycles. The first-order valence-electron chi connectivity index (χ1n) is 2.77. The molecule has 0 aromatic rings. The Morgan fingerprint density at radius 1 is 1.22 bits per heavy atom. The van der Waals surface area contributed by atoms with E-state index < -0.39 is 0 Å². The van der Waals surface area contributed by atoms with Crippen LogP contribution in [0.1, 0.15) is 0 Å². The van der Waals surface area contributed by atoms with Crippen molar-refractivity contribution < 1.29 is 4.74 Å². The highest BCUT2D eigenvalue weighted by Crippen LogP contribution is 1.79. The lowest BCUT2D eigenvalue weighted by molar-refractivity contribution is 0.288. The van der Waals surface area contributed by atoms with Gasteiger partial charge in [-0.1, -0.05) is 24.8 Å². The minimum absolute atomic E-state index is 0.471. The van der Waals surface area contributed by atoms with Crippen LogP contribution in [-0.2, 0) is 4.74 Å². The van der Waals surface area contributed by atoms with Gasteiger partial charge in [0.2, 0.25) is 0 Å². The Hall–Kier alpha value is -0.980. The van der Waals surface area contributed by atoms with Crippen LogP contribution in [0, 0.1) is 6.92 Å². The van der Waals surface area contributed by atoms with Gasteiger partial charge in [-0.25, -0.2) is 0 Å². The number of hydrogen-bond donors (Lipinski definition) is 0. The molecule has 0 N–H and O–H groups in total. The Balaban J connectivity index is 3.23.